The Morgan fingerprint density at radius 1 is 1.29 bits per heavy atom. The first-order valence-electron chi connectivity index (χ1n) is 6.77. The van der Waals surface area contributed by atoms with Crippen LogP contribution in [-0.4, -0.2) is 24.5 Å². The molecule has 1 amide bonds. The number of carbonyl (C=O) groups excluding carboxylic acids is 1. The first kappa shape index (κ1) is 12.6. The highest BCUT2D eigenvalue weighted by molar-refractivity contribution is 5.78. The molecule has 2 rings (SSSR count). The largest absolute Gasteiger partial charge is 0.353 e. The van der Waals surface area contributed by atoms with E-state index >= 15 is 0 Å². The normalized spacial score (nSPS) is 32.1. The van der Waals surface area contributed by atoms with E-state index in [4.69, 9.17) is 0 Å². The zero-order valence-electron chi connectivity index (χ0n) is 11.1. The van der Waals surface area contributed by atoms with Crippen LogP contribution in [0.3, 0.4) is 0 Å². The van der Waals surface area contributed by atoms with Crippen molar-refractivity contribution < 1.29 is 4.79 Å². The Morgan fingerprint density at radius 2 is 2.06 bits per heavy atom. The van der Waals surface area contributed by atoms with Crippen molar-refractivity contribution in [1.29, 1.82) is 0 Å². The third-order valence-corrected chi connectivity index (χ3v) is 4.01. The van der Waals surface area contributed by atoms with Crippen LogP contribution in [0.5, 0.6) is 0 Å². The minimum absolute atomic E-state index is 0.102. The average Bonchev–Trinajstić information content (AvgIpc) is 2.86. The summed E-state index contributed by atoms with van der Waals surface area (Å²) in [6, 6.07) is 0.665. The van der Waals surface area contributed by atoms with E-state index in [-0.39, 0.29) is 11.9 Å². The summed E-state index contributed by atoms with van der Waals surface area (Å²) in [6.45, 7) is 6.63. The number of nitrogens with one attached hydrogen (secondary N) is 2. The molecule has 0 spiro atoms. The minimum atomic E-state index is 0.102. The molecule has 0 aromatic carbocycles. The Balaban J connectivity index is 1.73. The van der Waals surface area contributed by atoms with E-state index in [9.17, 15) is 4.79 Å². The van der Waals surface area contributed by atoms with Gasteiger partial charge in [0.2, 0.25) is 5.91 Å². The van der Waals surface area contributed by atoms with Gasteiger partial charge in [-0.25, -0.2) is 0 Å². The van der Waals surface area contributed by atoms with Crippen molar-refractivity contribution in [2.24, 2.45) is 17.8 Å². The fourth-order valence-electron chi connectivity index (χ4n) is 3.18. The van der Waals surface area contributed by atoms with E-state index in [2.05, 4.69) is 29.7 Å². The molecule has 1 fully saturated rings. The minimum Gasteiger partial charge on any atom is -0.353 e. The quantitative estimate of drug-likeness (QED) is 0.713. The van der Waals surface area contributed by atoms with Gasteiger partial charge in [-0.1, -0.05) is 12.2 Å². The van der Waals surface area contributed by atoms with E-state index in [0.29, 0.717) is 12.6 Å². The van der Waals surface area contributed by atoms with Crippen LogP contribution < -0.4 is 10.6 Å². The van der Waals surface area contributed by atoms with E-state index in [0.717, 1.165) is 17.8 Å². The molecule has 96 valence electrons. The third-order valence-electron chi connectivity index (χ3n) is 4.01. The summed E-state index contributed by atoms with van der Waals surface area (Å²) in [5, 5.41) is 6.28. The van der Waals surface area contributed by atoms with E-state index < -0.39 is 0 Å². The van der Waals surface area contributed by atoms with Crippen LogP contribution in [0.4, 0.5) is 0 Å². The number of rotatable bonds is 5. The Hall–Kier alpha value is -0.830. The van der Waals surface area contributed by atoms with Crippen molar-refractivity contribution in [2.75, 3.05) is 6.54 Å². The molecule has 4 unspecified atom stereocenters. The zero-order valence-corrected chi connectivity index (χ0v) is 11.1. The number of fused-ring (bicyclic) bond motifs is 2. The molecule has 2 N–H and O–H groups in total. The summed E-state index contributed by atoms with van der Waals surface area (Å²) >= 11 is 0. The van der Waals surface area contributed by atoms with Crippen molar-refractivity contribution in [3.05, 3.63) is 12.2 Å². The molecule has 2 aliphatic rings. The standard InChI is InChI=1S/C14H24N2O/c1-9(2)16-14(17)8-15-10(3)13-7-11-4-5-12(13)6-11/h4-5,9-13,15H,6-8H2,1-3H3,(H,16,17). The second kappa shape index (κ2) is 5.21. The molecule has 0 aromatic rings. The van der Waals surface area contributed by atoms with Crippen LogP contribution in [-0.2, 0) is 4.79 Å². The van der Waals surface area contributed by atoms with Gasteiger partial charge in [-0.05, 0) is 51.4 Å². The van der Waals surface area contributed by atoms with Crippen LogP contribution in [0, 0.1) is 17.8 Å². The maximum atomic E-state index is 11.5. The smallest absolute Gasteiger partial charge is 0.234 e. The van der Waals surface area contributed by atoms with Gasteiger partial charge in [-0.15, -0.1) is 0 Å². The molecule has 2 aliphatic carbocycles. The summed E-state index contributed by atoms with van der Waals surface area (Å²) in [4.78, 5) is 11.5. The van der Waals surface area contributed by atoms with Gasteiger partial charge in [0, 0.05) is 12.1 Å². The fraction of sp³-hybridized carbons (Fsp3) is 0.786. The zero-order chi connectivity index (χ0) is 12.4. The van der Waals surface area contributed by atoms with Gasteiger partial charge in [0.15, 0.2) is 0 Å². The van der Waals surface area contributed by atoms with Gasteiger partial charge < -0.3 is 10.6 Å². The predicted molar refractivity (Wildman–Crippen MR) is 69.6 cm³/mol. The van der Waals surface area contributed by atoms with Crippen molar-refractivity contribution in [3.63, 3.8) is 0 Å². The lowest BCUT2D eigenvalue weighted by atomic mass is 9.87. The maximum absolute atomic E-state index is 11.5. The number of allylic oxidation sites excluding steroid dienone is 2. The monoisotopic (exact) mass is 236 g/mol. The summed E-state index contributed by atoms with van der Waals surface area (Å²) in [5.74, 6) is 2.37. The van der Waals surface area contributed by atoms with Gasteiger partial charge in [0.05, 0.1) is 6.54 Å². The van der Waals surface area contributed by atoms with E-state index in [1.807, 2.05) is 13.8 Å². The molecular weight excluding hydrogens is 212 g/mol. The topological polar surface area (TPSA) is 41.1 Å². The second-order valence-corrected chi connectivity index (χ2v) is 5.84. The van der Waals surface area contributed by atoms with Gasteiger partial charge in [0.1, 0.15) is 0 Å². The number of hydrogen-bond acceptors (Lipinski definition) is 2. The number of carbonyl (C=O) groups is 1. The molecule has 3 heteroatoms. The van der Waals surface area contributed by atoms with Crippen molar-refractivity contribution >= 4 is 5.91 Å². The van der Waals surface area contributed by atoms with Crippen molar-refractivity contribution in [3.8, 4) is 0 Å². The molecule has 2 bridgehead atoms. The van der Waals surface area contributed by atoms with Crippen molar-refractivity contribution in [2.45, 2.75) is 45.7 Å². The summed E-state index contributed by atoms with van der Waals surface area (Å²) in [6.07, 6.45) is 7.35. The lowest BCUT2D eigenvalue weighted by Gasteiger charge is -2.26. The van der Waals surface area contributed by atoms with Crippen molar-refractivity contribution in [1.82, 2.24) is 10.6 Å². The molecule has 0 heterocycles. The van der Waals surface area contributed by atoms with Gasteiger partial charge in [0.25, 0.3) is 0 Å². The molecule has 0 saturated heterocycles. The van der Waals surface area contributed by atoms with Crippen LogP contribution in [0.25, 0.3) is 0 Å². The van der Waals surface area contributed by atoms with Crippen LogP contribution >= 0.6 is 0 Å². The van der Waals surface area contributed by atoms with E-state index in [1.54, 1.807) is 0 Å². The fourth-order valence-corrected chi connectivity index (χ4v) is 3.18. The lowest BCUT2D eigenvalue weighted by Crippen LogP contribution is -2.43. The maximum Gasteiger partial charge on any atom is 0.234 e. The number of hydrogen-bond donors (Lipinski definition) is 2. The second-order valence-electron chi connectivity index (χ2n) is 5.84. The van der Waals surface area contributed by atoms with Crippen LogP contribution in [0.15, 0.2) is 12.2 Å². The van der Waals surface area contributed by atoms with Gasteiger partial charge in [-0.3, -0.25) is 4.79 Å². The lowest BCUT2D eigenvalue weighted by molar-refractivity contribution is -0.120. The molecule has 0 aromatic heterocycles. The predicted octanol–water partition coefficient (Wildman–Crippen LogP) is 1.70. The highest BCUT2D eigenvalue weighted by Gasteiger charge is 2.38. The Morgan fingerprint density at radius 3 is 2.59 bits per heavy atom. The SMILES string of the molecule is CC(C)NC(=O)CNC(C)C1CC2C=CC1C2. The summed E-state index contributed by atoms with van der Waals surface area (Å²) in [7, 11) is 0. The molecule has 1 saturated carbocycles. The molecule has 0 aliphatic heterocycles. The number of amides is 1. The Kier molecular flexibility index (Phi) is 3.87. The van der Waals surface area contributed by atoms with E-state index in [1.165, 1.54) is 12.8 Å². The third kappa shape index (κ3) is 3.09. The molecular formula is C14H24N2O. The Bertz CT molecular complexity index is 311. The highest BCUT2D eigenvalue weighted by Crippen LogP contribution is 2.44. The van der Waals surface area contributed by atoms with Crippen LogP contribution in [0.2, 0.25) is 0 Å². The average molecular weight is 236 g/mol. The summed E-state index contributed by atoms with van der Waals surface area (Å²) in [5.41, 5.74) is 0. The summed E-state index contributed by atoms with van der Waals surface area (Å²) < 4.78 is 0. The molecule has 3 nitrogen and oxygen atoms in total. The molecule has 4 atom stereocenters. The highest BCUT2D eigenvalue weighted by atomic mass is 16.1. The Labute approximate surface area is 104 Å². The van der Waals surface area contributed by atoms with Gasteiger partial charge >= 0.3 is 0 Å². The van der Waals surface area contributed by atoms with Gasteiger partial charge in [-0.2, -0.15) is 0 Å². The first-order valence-corrected chi connectivity index (χ1v) is 6.77. The molecule has 0 radical (unpaired) electrons. The molecule has 17 heavy (non-hydrogen) atoms. The van der Waals surface area contributed by atoms with Crippen LogP contribution in [0.1, 0.15) is 33.6 Å². The first-order chi connectivity index (χ1) is 8.06.